The van der Waals surface area contributed by atoms with Crippen LogP contribution in [0, 0.1) is 0 Å². The van der Waals surface area contributed by atoms with E-state index in [1.807, 2.05) is 18.3 Å². The lowest BCUT2D eigenvalue weighted by Crippen LogP contribution is -2.08. The molecule has 0 saturated carbocycles. The van der Waals surface area contributed by atoms with Crippen molar-refractivity contribution in [1.82, 2.24) is 19.4 Å². The van der Waals surface area contributed by atoms with Crippen molar-refractivity contribution in [2.24, 2.45) is 0 Å². The number of aromatic nitrogens is 4. The molecule has 3 aromatic heterocycles. The molecule has 21 heavy (non-hydrogen) atoms. The van der Waals surface area contributed by atoms with Gasteiger partial charge in [-0.05, 0) is 25.0 Å². The molecule has 0 unspecified atom stereocenters. The lowest BCUT2D eigenvalue weighted by Gasteiger charge is -2.17. The van der Waals surface area contributed by atoms with E-state index in [4.69, 9.17) is 0 Å². The predicted molar refractivity (Wildman–Crippen MR) is 84.5 cm³/mol. The van der Waals surface area contributed by atoms with E-state index >= 15 is 0 Å². The Morgan fingerprint density at radius 1 is 1.19 bits per heavy atom. The Labute approximate surface area is 124 Å². The zero-order valence-corrected chi connectivity index (χ0v) is 12.5. The molecule has 3 rings (SSSR count). The minimum atomic E-state index is 0.328. The fourth-order valence-electron chi connectivity index (χ4n) is 2.60. The molecule has 0 amide bonds. The van der Waals surface area contributed by atoms with E-state index in [9.17, 15) is 0 Å². The molecule has 108 valence electrons. The van der Waals surface area contributed by atoms with Gasteiger partial charge in [-0.2, -0.15) is 0 Å². The van der Waals surface area contributed by atoms with E-state index in [0.29, 0.717) is 5.92 Å². The second-order valence-corrected chi connectivity index (χ2v) is 5.24. The maximum absolute atomic E-state index is 4.54. The number of nitrogens with zero attached hydrogens (tertiary/aromatic N) is 4. The molecule has 0 atom stereocenters. The van der Waals surface area contributed by atoms with Gasteiger partial charge in [-0.15, -0.1) is 0 Å². The molecule has 0 spiro atoms. The van der Waals surface area contributed by atoms with E-state index in [0.717, 1.165) is 35.0 Å². The summed E-state index contributed by atoms with van der Waals surface area (Å²) in [5.41, 5.74) is 4.06. The van der Waals surface area contributed by atoms with Crippen LogP contribution in [0.2, 0.25) is 0 Å². The Morgan fingerprint density at radius 2 is 2.05 bits per heavy atom. The third kappa shape index (κ3) is 2.35. The van der Waals surface area contributed by atoms with Crippen LogP contribution in [0.5, 0.6) is 0 Å². The van der Waals surface area contributed by atoms with Crippen LogP contribution in [0.15, 0.2) is 36.9 Å². The zero-order valence-electron chi connectivity index (χ0n) is 12.5. The summed E-state index contributed by atoms with van der Waals surface area (Å²) in [6, 6.07) is 6.07. The van der Waals surface area contributed by atoms with Crippen LogP contribution >= 0.6 is 0 Å². The molecule has 0 saturated heterocycles. The minimum Gasteiger partial charge on any atom is -0.370 e. The molecule has 0 bridgehead atoms. The van der Waals surface area contributed by atoms with Crippen molar-refractivity contribution in [2.75, 3.05) is 11.9 Å². The van der Waals surface area contributed by atoms with Gasteiger partial charge in [-0.25, -0.2) is 15.0 Å². The minimum absolute atomic E-state index is 0.328. The first-order valence-corrected chi connectivity index (χ1v) is 7.23. The standard InChI is InChI=1S/C16H19N5/c1-4-17-16-14(11(2)3)15(19-10-20-16)12-6-5-7-13-18-8-9-21(12)13/h5-11H,4H2,1-3H3,(H,17,19,20). The number of hydrogen-bond acceptors (Lipinski definition) is 4. The summed E-state index contributed by atoms with van der Waals surface area (Å²) in [6.07, 6.45) is 5.39. The van der Waals surface area contributed by atoms with Crippen LogP contribution in [-0.2, 0) is 0 Å². The van der Waals surface area contributed by atoms with Gasteiger partial charge in [0.1, 0.15) is 17.8 Å². The molecule has 0 aliphatic heterocycles. The van der Waals surface area contributed by atoms with Gasteiger partial charge in [0.25, 0.3) is 0 Å². The molecule has 0 aliphatic rings. The summed E-state index contributed by atoms with van der Waals surface area (Å²) in [6.45, 7) is 7.24. The lowest BCUT2D eigenvalue weighted by atomic mass is 9.99. The fourth-order valence-corrected chi connectivity index (χ4v) is 2.60. The van der Waals surface area contributed by atoms with Gasteiger partial charge >= 0.3 is 0 Å². The van der Waals surface area contributed by atoms with Crippen molar-refractivity contribution < 1.29 is 0 Å². The zero-order chi connectivity index (χ0) is 14.8. The molecule has 3 aromatic rings. The highest BCUT2D eigenvalue weighted by atomic mass is 15.0. The summed E-state index contributed by atoms with van der Waals surface area (Å²) >= 11 is 0. The summed E-state index contributed by atoms with van der Waals surface area (Å²) < 4.78 is 2.06. The molecule has 3 heterocycles. The van der Waals surface area contributed by atoms with Gasteiger partial charge in [0.15, 0.2) is 0 Å². The molecule has 0 fully saturated rings. The van der Waals surface area contributed by atoms with Crippen LogP contribution in [-0.4, -0.2) is 25.9 Å². The summed E-state index contributed by atoms with van der Waals surface area (Å²) in [5.74, 6) is 1.24. The average molecular weight is 281 g/mol. The summed E-state index contributed by atoms with van der Waals surface area (Å²) in [4.78, 5) is 13.3. The van der Waals surface area contributed by atoms with Crippen molar-refractivity contribution in [1.29, 1.82) is 0 Å². The molecular weight excluding hydrogens is 262 g/mol. The number of imidazole rings is 1. The molecule has 0 aromatic carbocycles. The molecule has 1 N–H and O–H groups in total. The first-order chi connectivity index (χ1) is 10.2. The Kier molecular flexibility index (Phi) is 3.56. The molecule has 5 heteroatoms. The number of anilines is 1. The normalized spacial score (nSPS) is 11.2. The van der Waals surface area contributed by atoms with Crippen molar-refractivity contribution in [3.05, 3.63) is 42.5 Å². The molecule has 0 aliphatic carbocycles. The van der Waals surface area contributed by atoms with Gasteiger partial charge in [-0.3, -0.25) is 4.40 Å². The van der Waals surface area contributed by atoms with Gasteiger partial charge in [0.05, 0.1) is 11.4 Å². The van der Waals surface area contributed by atoms with E-state index in [1.54, 1.807) is 12.5 Å². The van der Waals surface area contributed by atoms with E-state index in [-0.39, 0.29) is 0 Å². The van der Waals surface area contributed by atoms with Crippen molar-refractivity contribution in [3.63, 3.8) is 0 Å². The van der Waals surface area contributed by atoms with Gasteiger partial charge in [0, 0.05) is 24.5 Å². The van der Waals surface area contributed by atoms with Crippen LogP contribution in [0.25, 0.3) is 17.0 Å². The third-order valence-electron chi connectivity index (χ3n) is 3.48. The Balaban J connectivity index is 2.27. The van der Waals surface area contributed by atoms with Crippen LogP contribution in [0.3, 0.4) is 0 Å². The smallest absolute Gasteiger partial charge is 0.137 e. The average Bonchev–Trinajstić information content (AvgIpc) is 2.95. The van der Waals surface area contributed by atoms with Gasteiger partial charge in [-0.1, -0.05) is 19.9 Å². The number of rotatable bonds is 4. The highest BCUT2D eigenvalue weighted by Gasteiger charge is 2.17. The second-order valence-electron chi connectivity index (χ2n) is 5.24. The van der Waals surface area contributed by atoms with Crippen molar-refractivity contribution in [3.8, 4) is 11.4 Å². The monoisotopic (exact) mass is 281 g/mol. The fraction of sp³-hybridized carbons (Fsp3) is 0.312. The summed E-state index contributed by atoms with van der Waals surface area (Å²) in [7, 11) is 0. The largest absolute Gasteiger partial charge is 0.370 e. The van der Waals surface area contributed by atoms with Crippen LogP contribution < -0.4 is 5.32 Å². The maximum Gasteiger partial charge on any atom is 0.137 e. The van der Waals surface area contributed by atoms with E-state index < -0.39 is 0 Å². The quantitative estimate of drug-likeness (QED) is 0.797. The van der Waals surface area contributed by atoms with E-state index in [1.165, 1.54) is 0 Å². The Morgan fingerprint density at radius 3 is 2.81 bits per heavy atom. The first kappa shape index (κ1) is 13.5. The predicted octanol–water partition coefficient (Wildman–Crippen LogP) is 3.35. The van der Waals surface area contributed by atoms with Crippen molar-refractivity contribution in [2.45, 2.75) is 26.7 Å². The summed E-state index contributed by atoms with van der Waals surface area (Å²) in [5, 5.41) is 3.33. The number of hydrogen-bond donors (Lipinski definition) is 1. The molecular formula is C16H19N5. The van der Waals surface area contributed by atoms with Gasteiger partial charge in [0.2, 0.25) is 0 Å². The molecule has 0 radical (unpaired) electrons. The highest BCUT2D eigenvalue weighted by Crippen LogP contribution is 2.31. The third-order valence-corrected chi connectivity index (χ3v) is 3.48. The topological polar surface area (TPSA) is 55.1 Å². The van der Waals surface area contributed by atoms with Crippen LogP contribution in [0.4, 0.5) is 5.82 Å². The van der Waals surface area contributed by atoms with Gasteiger partial charge < -0.3 is 5.32 Å². The highest BCUT2D eigenvalue weighted by molar-refractivity contribution is 5.68. The number of fused-ring (bicyclic) bond motifs is 1. The van der Waals surface area contributed by atoms with Crippen molar-refractivity contribution >= 4 is 11.5 Å². The first-order valence-electron chi connectivity index (χ1n) is 7.23. The van der Waals surface area contributed by atoms with Crippen LogP contribution in [0.1, 0.15) is 32.3 Å². The lowest BCUT2D eigenvalue weighted by molar-refractivity contribution is 0.846. The molecule has 5 nitrogen and oxygen atoms in total. The maximum atomic E-state index is 4.54. The number of pyridine rings is 1. The second kappa shape index (κ2) is 5.52. The Hall–Kier alpha value is -2.43. The number of nitrogens with one attached hydrogen (secondary N) is 1. The SMILES string of the molecule is CCNc1ncnc(-c2cccc3nccn23)c1C(C)C. The van der Waals surface area contributed by atoms with E-state index in [2.05, 4.69) is 51.5 Å². The Bertz CT molecular complexity index is 760.